The van der Waals surface area contributed by atoms with Crippen molar-refractivity contribution >= 4 is 17.9 Å². The molecule has 1 aliphatic heterocycles. The van der Waals surface area contributed by atoms with Gasteiger partial charge in [-0.3, -0.25) is 14.4 Å². The van der Waals surface area contributed by atoms with E-state index in [4.69, 9.17) is 29.3 Å². The molecular formula is C19H20O7. The first-order valence-corrected chi connectivity index (χ1v) is 7.65. The number of para-hydroxylation sites is 1. The van der Waals surface area contributed by atoms with Crippen molar-refractivity contribution in [1.29, 1.82) is 0 Å². The van der Waals surface area contributed by atoms with E-state index in [1.807, 2.05) is 36.4 Å². The lowest BCUT2D eigenvalue weighted by Crippen LogP contribution is -2.08. The Labute approximate surface area is 150 Å². The van der Waals surface area contributed by atoms with E-state index in [0.29, 0.717) is 5.75 Å². The van der Waals surface area contributed by atoms with E-state index in [9.17, 15) is 4.79 Å². The predicted molar refractivity (Wildman–Crippen MR) is 93.7 cm³/mol. The molecule has 0 radical (unpaired) electrons. The van der Waals surface area contributed by atoms with Crippen LogP contribution >= 0.6 is 0 Å². The largest absolute Gasteiger partial charge is 0.481 e. The van der Waals surface area contributed by atoms with Gasteiger partial charge in [0.25, 0.3) is 11.9 Å². The molecule has 0 amide bonds. The average Bonchev–Trinajstić information content (AvgIpc) is 2.52. The van der Waals surface area contributed by atoms with Crippen LogP contribution < -0.4 is 9.47 Å². The molecule has 0 aromatic heterocycles. The number of fused-ring (bicyclic) bond motifs is 2. The SMILES string of the molecule is CC(=O)O.CC(=O)O.CC(=O)Oc1cccc2c1Cc1ccccc1O2. The molecule has 1 aliphatic rings. The van der Waals surface area contributed by atoms with Gasteiger partial charge in [0.2, 0.25) is 0 Å². The Kier molecular flexibility index (Phi) is 7.82. The second-order valence-corrected chi connectivity index (χ2v) is 5.25. The highest BCUT2D eigenvalue weighted by atomic mass is 16.5. The third kappa shape index (κ3) is 7.04. The van der Waals surface area contributed by atoms with Gasteiger partial charge in [0.05, 0.1) is 0 Å². The molecule has 7 nitrogen and oxygen atoms in total. The number of hydrogen-bond donors (Lipinski definition) is 2. The van der Waals surface area contributed by atoms with Gasteiger partial charge < -0.3 is 19.7 Å². The Morgan fingerprint density at radius 3 is 2.00 bits per heavy atom. The van der Waals surface area contributed by atoms with Crippen molar-refractivity contribution in [2.75, 3.05) is 0 Å². The topological polar surface area (TPSA) is 110 Å². The number of ether oxygens (including phenoxy) is 2. The van der Waals surface area contributed by atoms with E-state index in [0.717, 1.165) is 42.9 Å². The minimum Gasteiger partial charge on any atom is -0.481 e. The second-order valence-electron chi connectivity index (χ2n) is 5.25. The maximum absolute atomic E-state index is 11.1. The minimum atomic E-state index is -0.833. The fourth-order valence-electron chi connectivity index (χ4n) is 2.12. The molecule has 0 atom stereocenters. The quantitative estimate of drug-likeness (QED) is 0.505. The Balaban J connectivity index is 0.000000360. The molecule has 0 spiro atoms. The first-order chi connectivity index (χ1) is 12.2. The van der Waals surface area contributed by atoms with Crippen molar-refractivity contribution < 1.29 is 34.1 Å². The maximum atomic E-state index is 11.1. The molecular weight excluding hydrogens is 340 g/mol. The standard InChI is InChI=1S/C15H12O3.2C2H4O2/c1-10(16)17-14-7-4-8-15-12(14)9-11-5-2-3-6-13(11)18-15;2*1-2(3)4/h2-8H,9H2,1H3;2*1H3,(H,3,4). The van der Waals surface area contributed by atoms with Gasteiger partial charge >= 0.3 is 5.97 Å². The monoisotopic (exact) mass is 360 g/mol. The summed E-state index contributed by atoms with van der Waals surface area (Å²) < 4.78 is 11.0. The first kappa shape index (κ1) is 20.7. The fraction of sp³-hybridized carbons (Fsp3) is 0.211. The lowest BCUT2D eigenvalue weighted by molar-refractivity contribution is -0.135. The van der Waals surface area contributed by atoms with E-state index in [1.165, 1.54) is 6.92 Å². The summed E-state index contributed by atoms with van der Waals surface area (Å²) in [5.41, 5.74) is 2.02. The van der Waals surface area contributed by atoms with Crippen LogP contribution in [0.25, 0.3) is 0 Å². The highest BCUT2D eigenvalue weighted by Gasteiger charge is 2.20. The van der Waals surface area contributed by atoms with Crippen molar-refractivity contribution in [3.05, 3.63) is 53.6 Å². The Bertz CT molecular complexity index is 776. The van der Waals surface area contributed by atoms with Gasteiger partial charge in [-0.15, -0.1) is 0 Å². The molecule has 7 heteroatoms. The minimum absolute atomic E-state index is 0.317. The number of carbonyl (C=O) groups is 3. The molecule has 26 heavy (non-hydrogen) atoms. The van der Waals surface area contributed by atoms with Gasteiger partial charge in [-0.2, -0.15) is 0 Å². The number of benzene rings is 2. The van der Waals surface area contributed by atoms with Crippen LogP contribution in [0.2, 0.25) is 0 Å². The number of esters is 1. The van der Waals surface area contributed by atoms with Crippen molar-refractivity contribution in [2.24, 2.45) is 0 Å². The highest BCUT2D eigenvalue weighted by molar-refractivity contribution is 5.71. The van der Waals surface area contributed by atoms with Crippen LogP contribution in [0.5, 0.6) is 17.2 Å². The molecule has 2 aromatic rings. The summed E-state index contributed by atoms with van der Waals surface area (Å²) in [6, 6.07) is 13.4. The number of carboxylic acids is 2. The van der Waals surface area contributed by atoms with Gasteiger partial charge in [0.15, 0.2) is 0 Å². The van der Waals surface area contributed by atoms with Crippen molar-refractivity contribution in [1.82, 2.24) is 0 Å². The summed E-state index contributed by atoms with van der Waals surface area (Å²) in [6.07, 6.45) is 0.717. The predicted octanol–water partition coefficient (Wildman–Crippen LogP) is 3.49. The summed E-state index contributed by atoms with van der Waals surface area (Å²) in [4.78, 5) is 29.1. The van der Waals surface area contributed by atoms with Crippen molar-refractivity contribution in [3.63, 3.8) is 0 Å². The zero-order valence-electron chi connectivity index (χ0n) is 14.7. The normalized spacial score (nSPS) is 10.3. The lowest BCUT2D eigenvalue weighted by atomic mass is 9.99. The maximum Gasteiger partial charge on any atom is 0.308 e. The van der Waals surface area contributed by atoms with Crippen molar-refractivity contribution in [2.45, 2.75) is 27.2 Å². The van der Waals surface area contributed by atoms with Crippen LogP contribution in [-0.2, 0) is 20.8 Å². The molecule has 2 aromatic carbocycles. The molecule has 0 saturated heterocycles. The van der Waals surface area contributed by atoms with Crippen LogP contribution in [0.3, 0.4) is 0 Å². The summed E-state index contributed by atoms with van der Waals surface area (Å²) in [5, 5.41) is 14.8. The Morgan fingerprint density at radius 2 is 1.42 bits per heavy atom. The number of rotatable bonds is 1. The van der Waals surface area contributed by atoms with E-state index >= 15 is 0 Å². The van der Waals surface area contributed by atoms with Crippen molar-refractivity contribution in [3.8, 4) is 17.2 Å². The van der Waals surface area contributed by atoms with Gasteiger partial charge in [-0.05, 0) is 23.8 Å². The molecule has 3 rings (SSSR count). The van der Waals surface area contributed by atoms with Crippen LogP contribution in [0.15, 0.2) is 42.5 Å². The number of carboxylic acid groups (broad SMARTS) is 2. The molecule has 1 heterocycles. The van der Waals surface area contributed by atoms with Crippen LogP contribution in [-0.4, -0.2) is 28.1 Å². The first-order valence-electron chi connectivity index (χ1n) is 7.65. The number of hydrogen-bond acceptors (Lipinski definition) is 5. The molecule has 0 fully saturated rings. The van der Waals surface area contributed by atoms with E-state index in [-0.39, 0.29) is 5.97 Å². The number of carbonyl (C=O) groups excluding carboxylic acids is 1. The van der Waals surface area contributed by atoms with Gasteiger partial charge in [-0.1, -0.05) is 24.3 Å². The van der Waals surface area contributed by atoms with Crippen LogP contribution in [0.4, 0.5) is 0 Å². The summed E-state index contributed by atoms with van der Waals surface area (Å²) in [5.74, 6) is 0.217. The zero-order valence-corrected chi connectivity index (χ0v) is 14.7. The third-order valence-electron chi connectivity index (χ3n) is 2.90. The average molecular weight is 360 g/mol. The Morgan fingerprint density at radius 1 is 0.885 bits per heavy atom. The third-order valence-corrected chi connectivity index (χ3v) is 2.90. The molecule has 0 unspecified atom stereocenters. The van der Waals surface area contributed by atoms with Crippen LogP contribution in [0, 0.1) is 0 Å². The smallest absolute Gasteiger partial charge is 0.308 e. The van der Waals surface area contributed by atoms with Gasteiger partial charge in [-0.25, -0.2) is 0 Å². The van der Waals surface area contributed by atoms with E-state index < -0.39 is 11.9 Å². The highest BCUT2D eigenvalue weighted by Crippen LogP contribution is 2.40. The molecule has 0 bridgehead atoms. The molecule has 0 aliphatic carbocycles. The van der Waals surface area contributed by atoms with Gasteiger partial charge in [0.1, 0.15) is 17.2 Å². The zero-order chi connectivity index (χ0) is 19.7. The lowest BCUT2D eigenvalue weighted by Gasteiger charge is -2.21. The summed E-state index contributed by atoms with van der Waals surface area (Å²) in [7, 11) is 0. The van der Waals surface area contributed by atoms with E-state index in [2.05, 4.69) is 0 Å². The fourth-order valence-corrected chi connectivity index (χ4v) is 2.12. The summed E-state index contributed by atoms with van der Waals surface area (Å²) in [6.45, 7) is 3.57. The van der Waals surface area contributed by atoms with Gasteiger partial charge in [0, 0.05) is 32.8 Å². The molecule has 138 valence electrons. The number of aliphatic carboxylic acids is 2. The molecule has 0 saturated carbocycles. The Hall–Kier alpha value is -3.35. The second kappa shape index (κ2) is 9.83. The van der Waals surface area contributed by atoms with E-state index in [1.54, 1.807) is 6.07 Å². The van der Waals surface area contributed by atoms with Crippen LogP contribution in [0.1, 0.15) is 31.9 Å². The molecule has 2 N–H and O–H groups in total. The summed E-state index contributed by atoms with van der Waals surface area (Å²) >= 11 is 0.